The lowest BCUT2D eigenvalue weighted by atomic mass is 10.2. The minimum Gasteiger partial charge on any atom is -0.287 e. The van der Waals surface area contributed by atoms with E-state index < -0.39 is 10.8 Å². The normalized spacial score (nSPS) is 11.1. The van der Waals surface area contributed by atoms with Gasteiger partial charge in [-0.25, -0.2) is 0 Å². The highest BCUT2D eigenvalue weighted by molar-refractivity contribution is 7.85. The van der Waals surface area contributed by atoms with E-state index in [0.717, 1.165) is 4.90 Å². The predicted molar refractivity (Wildman–Crippen MR) is 63.4 cm³/mol. The molecule has 0 fully saturated rings. The fraction of sp³-hybridized carbons (Fsp3) is 0.364. The summed E-state index contributed by atoms with van der Waals surface area (Å²) < 4.78 is 11.3. The molecule has 0 saturated carbocycles. The summed E-state index contributed by atoms with van der Waals surface area (Å²) in [5, 5.41) is 0. The third kappa shape index (κ3) is 4.33. The SMILES string of the molecule is C=NCS(=O)c1ccc(C)cc1.CC. The fourth-order valence-corrected chi connectivity index (χ4v) is 1.60. The van der Waals surface area contributed by atoms with Crippen molar-refractivity contribution >= 4 is 17.5 Å². The Hall–Kier alpha value is -0.960. The maximum absolute atomic E-state index is 11.3. The van der Waals surface area contributed by atoms with Crippen LogP contribution in [0.3, 0.4) is 0 Å². The largest absolute Gasteiger partial charge is 0.287 e. The molecule has 0 bridgehead atoms. The zero-order valence-electron chi connectivity index (χ0n) is 8.99. The van der Waals surface area contributed by atoms with Gasteiger partial charge in [0.2, 0.25) is 0 Å². The highest BCUT2D eigenvalue weighted by Crippen LogP contribution is 2.07. The van der Waals surface area contributed by atoms with Crippen molar-refractivity contribution in [3.8, 4) is 0 Å². The molecule has 0 radical (unpaired) electrons. The number of benzene rings is 1. The van der Waals surface area contributed by atoms with Gasteiger partial charge in [-0.05, 0) is 25.8 Å². The standard InChI is InChI=1S/C9H11NOS.C2H6/c1-8-3-5-9(6-4-8)12(11)7-10-2;1-2/h3-6H,2,7H2,1H3;1-2H3. The minimum atomic E-state index is -1.02. The Morgan fingerprint density at radius 3 is 2.21 bits per heavy atom. The maximum atomic E-state index is 11.3. The van der Waals surface area contributed by atoms with Crippen molar-refractivity contribution in [3.05, 3.63) is 29.8 Å². The molecule has 78 valence electrons. The second-order valence-corrected chi connectivity index (χ2v) is 3.93. The van der Waals surface area contributed by atoms with E-state index in [1.54, 1.807) is 0 Å². The molecule has 0 aliphatic carbocycles. The number of nitrogens with zero attached hydrogens (tertiary/aromatic N) is 1. The molecule has 1 unspecified atom stereocenters. The first kappa shape index (κ1) is 13.0. The van der Waals surface area contributed by atoms with Gasteiger partial charge in [-0.2, -0.15) is 0 Å². The Morgan fingerprint density at radius 2 is 1.79 bits per heavy atom. The highest BCUT2D eigenvalue weighted by Gasteiger charge is 1.99. The summed E-state index contributed by atoms with van der Waals surface area (Å²) in [6.07, 6.45) is 0. The Bertz CT molecular complexity index is 293. The topological polar surface area (TPSA) is 29.4 Å². The lowest BCUT2D eigenvalue weighted by molar-refractivity contribution is 0.683. The third-order valence-electron chi connectivity index (χ3n) is 1.49. The zero-order valence-corrected chi connectivity index (χ0v) is 9.80. The van der Waals surface area contributed by atoms with Gasteiger partial charge in [0.15, 0.2) is 0 Å². The predicted octanol–water partition coefficient (Wildman–Crippen LogP) is 2.79. The molecule has 3 heteroatoms. The van der Waals surface area contributed by atoms with Gasteiger partial charge in [-0.1, -0.05) is 31.5 Å². The minimum absolute atomic E-state index is 0.281. The van der Waals surface area contributed by atoms with Crippen molar-refractivity contribution in [1.29, 1.82) is 0 Å². The van der Waals surface area contributed by atoms with Gasteiger partial charge in [0.25, 0.3) is 0 Å². The Labute approximate surface area is 88.5 Å². The van der Waals surface area contributed by atoms with Gasteiger partial charge in [-0.3, -0.25) is 9.20 Å². The lowest BCUT2D eigenvalue weighted by Crippen LogP contribution is -1.94. The number of rotatable bonds is 3. The van der Waals surface area contributed by atoms with Crippen LogP contribution in [0.15, 0.2) is 34.2 Å². The van der Waals surface area contributed by atoms with Crippen LogP contribution in [-0.4, -0.2) is 16.8 Å². The van der Waals surface area contributed by atoms with E-state index in [0.29, 0.717) is 0 Å². The molecular formula is C11H17NOS. The van der Waals surface area contributed by atoms with Crippen LogP contribution in [0.25, 0.3) is 0 Å². The van der Waals surface area contributed by atoms with Crippen molar-refractivity contribution in [1.82, 2.24) is 0 Å². The van der Waals surface area contributed by atoms with Crippen LogP contribution in [0.5, 0.6) is 0 Å². The molecular weight excluding hydrogens is 194 g/mol. The van der Waals surface area contributed by atoms with E-state index in [1.165, 1.54) is 5.56 Å². The third-order valence-corrected chi connectivity index (χ3v) is 2.71. The van der Waals surface area contributed by atoms with Crippen LogP contribution >= 0.6 is 0 Å². The summed E-state index contributed by atoms with van der Waals surface area (Å²) in [4.78, 5) is 4.40. The van der Waals surface area contributed by atoms with E-state index in [1.807, 2.05) is 45.0 Å². The highest BCUT2D eigenvalue weighted by atomic mass is 32.2. The van der Waals surface area contributed by atoms with Gasteiger partial charge in [-0.15, -0.1) is 0 Å². The first-order valence-electron chi connectivity index (χ1n) is 4.61. The molecule has 1 atom stereocenters. The lowest BCUT2D eigenvalue weighted by Gasteiger charge is -1.98. The molecule has 1 rings (SSSR count). The number of aryl methyl sites for hydroxylation is 1. The molecule has 0 aliphatic rings. The second kappa shape index (κ2) is 7.44. The molecule has 0 saturated heterocycles. The summed E-state index contributed by atoms with van der Waals surface area (Å²) >= 11 is 0. The molecule has 0 spiro atoms. The Balaban J connectivity index is 0.000000791. The van der Waals surface area contributed by atoms with E-state index in [9.17, 15) is 4.21 Å². The van der Waals surface area contributed by atoms with E-state index in [2.05, 4.69) is 11.7 Å². The molecule has 0 aliphatic heterocycles. The van der Waals surface area contributed by atoms with E-state index in [-0.39, 0.29) is 5.88 Å². The van der Waals surface area contributed by atoms with Crippen LogP contribution in [-0.2, 0) is 10.8 Å². The molecule has 0 N–H and O–H groups in total. The fourth-order valence-electron chi connectivity index (χ4n) is 0.847. The molecule has 1 aromatic carbocycles. The van der Waals surface area contributed by atoms with Gasteiger partial charge < -0.3 is 0 Å². The average Bonchev–Trinajstić information content (AvgIpc) is 2.22. The monoisotopic (exact) mass is 211 g/mol. The smallest absolute Gasteiger partial charge is 0.118 e. The van der Waals surface area contributed by atoms with Crippen LogP contribution in [0.1, 0.15) is 19.4 Å². The maximum Gasteiger partial charge on any atom is 0.118 e. The van der Waals surface area contributed by atoms with Gasteiger partial charge in [0.1, 0.15) is 5.88 Å². The molecule has 14 heavy (non-hydrogen) atoms. The second-order valence-electron chi connectivity index (χ2n) is 2.51. The number of hydrogen-bond donors (Lipinski definition) is 0. The summed E-state index contributed by atoms with van der Waals surface area (Å²) in [6.45, 7) is 9.30. The van der Waals surface area contributed by atoms with E-state index in [4.69, 9.17) is 0 Å². The zero-order chi connectivity index (χ0) is 11.0. The summed E-state index contributed by atoms with van der Waals surface area (Å²) in [6, 6.07) is 7.60. The van der Waals surface area contributed by atoms with Crippen LogP contribution in [0.4, 0.5) is 0 Å². The van der Waals surface area contributed by atoms with Crippen molar-refractivity contribution < 1.29 is 4.21 Å². The quantitative estimate of drug-likeness (QED) is 0.707. The Morgan fingerprint density at radius 1 is 1.29 bits per heavy atom. The van der Waals surface area contributed by atoms with Crippen molar-refractivity contribution in [2.45, 2.75) is 25.7 Å². The van der Waals surface area contributed by atoms with Gasteiger partial charge >= 0.3 is 0 Å². The molecule has 1 aromatic rings. The van der Waals surface area contributed by atoms with Crippen molar-refractivity contribution in [2.75, 3.05) is 5.88 Å². The average molecular weight is 211 g/mol. The molecule has 2 nitrogen and oxygen atoms in total. The van der Waals surface area contributed by atoms with Crippen LogP contribution in [0.2, 0.25) is 0 Å². The van der Waals surface area contributed by atoms with Gasteiger partial charge in [0, 0.05) is 4.90 Å². The summed E-state index contributed by atoms with van der Waals surface area (Å²) in [5.74, 6) is 0.281. The molecule has 0 aromatic heterocycles. The Kier molecular flexibility index (Phi) is 6.93. The first-order valence-corrected chi connectivity index (χ1v) is 5.93. The van der Waals surface area contributed by atoms with E-state index >= 15 is 0 Å². The molecule has 0 amide bonds. The van der Waals surface area contributed by atoms with Crippen molar-refractivity contribution in [3.63, 3.8) is 0 Å². The number of hydrogen-bond acceptors (Lipinski definition) is 2. The first-order chi connectivity index (χ1) is 6.74. The molecule has 0 heterocycles. The van der Waals surface area contributed by atoms with Gasteiger partial charge in [0.05, 0.1) is 10.8 Å². The summed E-state index contributed by atoms with van der Waals surface area (Å²) in [7, 11) is -1.02. The van der Waals surface area contributed by atoms with Crippen molar-refractivity contribution in [2.24, 2.45) is 4.99 Å². The number of aliphatic imine (C=N–C) groups is 1. The van der Waals surface area contributed by atoms with Crippen LogP contribution < -0.4 is 0 Å². The summed E-state index contributed by atoms with van der Waals surface area (Å²) in [5.41, 5.74) is 1.17. The van der Waals surface area contributed by atoms with Crippen LogP contribution in [0, 0.1) is 6.92 Å².